The van der Waals surface area contributed by atoms with Gasteiger partial charge in [0, 0.05) is 18.4 Å². The van der Waals surface area contributed by atoms with E-state index in [2.05, 4.69) is 11.1 Å². The Hall–Kier alpha value is -2.41. The normalized spacial score (nSPS) is 9.89. The smallest absolute Gasteiger partial charge is 0.150 e. The molecule has 0 unspecified atom stereocenters. The van der Waals surface area contributed by atoms with Crippen molar-refractivity contribution in [1.29, 1.82) is 5.26 Å². The van der Waals surface area contributed by atoms with Crippen molar-refractivity contribution in [3.63, 3.8) is 0 Å². The fraction of sp³-hybridized carbons (Fsp3) is 0.143. The SMILES string of the molecule is Cc1ccc(C#N)c(N(C)c2ccc(F)cc2)n1. The Morgan fingerprint density at radius 1 is 1.17 bits per heavy atom. The summed E-state index contributed by atoms with van der Waals surface area (Å²) in [5.41, 5.74) is 2.11. The molecule has 2 rings (SSSR count). The maximum absolute atomic E-state index is 12.9. The van der Waals surface area contributed by atoms with E-state index in [1.807, 2.05) is 6.92 Å². The fourth-order valence-corrected chi connectivity index (χ4v) is 1.67. The highest BCUT2D eigenvalue weighted by molar-refractivity contribution is 5.65. The number of pyridine rings is 1. The van der Waals surface area contributed by atoms with Crippen molar-refractivity contribution in [2.75, 3.05) is 11.9 Å². The molecule has 0 fully saturated rings. The Bertz CT molecular complexity index is 599. The van der Waals surface area contributed by atoms with Gasteiger partial charge in [-0.3, -0.25) is 0 Å². The van der Waals surface area contributed by atoms with Gasteiger partial charge in [0.15, 0.2) is 5.82 Å². The molecule has 0 N–H and O–H groups in total. The molecule has 0 saturated heterocycles. The van der Waals surface area contributed by atoms with E-state index in [1.54, 1.807) is 36.2 Å². The average molecular weight is 241 g/mol. The van der Waals surface area contributed by atoms with E-state index in [4.69, 9.17) is 5.26 Å². The van der Waals surface area contributed by atoms with Crippen LogP contribution in [0.15, 0.2) is 36.4 Å². The number of anilines is 2. The van der Waals surface area contributed by atoms with Crippen molar-refractivity contribution < 1.29 is 4.39 Å². The number of aryl methyl sites for hydroxylation is 1. The highest BCUT2D eigenvalue weighted by Crippen LogP contribution is 2.25. The van der Waals surface area contributed by atoms with E-state index < -0.39 is 0 Å². The molecule has 1 aromatic carbocycles. The predicted octanol–water partition coefficient (Wildman–Crippen LogP) is 3.17. The Labute approximate surface area is 105 Å². The van der Waals surface area contributed by atoms with Crippen LogP contribution in [0.3, 0.4) is 0 Å². The molecule has 3 nitrogen and oxygen atoms in total. The first-order valence-corrected chi connectivity index (χ1v) is 5.49. The maximum Gasteiger partial charge on any atom is 0.150 e. The first-order valence-electron chi connectivity index (χ1n) is 5.49. The molecule has 2 aromatic rings. The van der Waals surface area contributed by atoms with Gasteiger partial charge in [-0.2, -0.15) is 5.26 Å². The van der Waals surface area contributed by atoms with Gasteiger partial charge < -0.3 is 4.90 Å². The summed E-state index contributed by atoms with van der Waals surface area (Å²) in [6, 6.07) is 11.7. The van der Waals surface area contributed by atoms with E-state index in [0.29, 0.717) is 11.4 Å². The second kappa shape index (κ2) is 4.84. The number of hydrogen-bond acceptors (Lipinski definition) is 3. The predicted molar refractivity (Wildman–Crippen MR) is 68.2 cm³/mol. The van der Waals surface area contributed by atoms with Crippen LogP contribution in [0.4, 0.5) is 15.9 Å². The summed E-state index contributed by atoms with van der Waals surface area (Å²) in [5.74, 6) is 0.286. The zero-order chi connectivity index (χ0) is 13.1. The average Bonchev–Trinajstić information content (AvgIpc) is 2.39. The Kier molecular flexibility index (Phi) is 3.24. The van der Waals surface area contributed by atoms with Crippen LogP contribution in [-0.4, -0.2) is 12.0 Å². The van der Waals surface area contributed by atoms with Crippen LogP contribution in [0, 0.1) is 24.1 Å². The molecular weight excluding hydrogens is 229 g/mol. The summed E-state index contributed by atoms with van der Waals surface area (Å²) in [5, 5.41) is 9.07. The number of nitriles is 1. The van der Waals surface area contributed by atoms with Crippen LogP contribution in [0.25, 0.3) is 0 Å². The van der Waals surface area contributed by atoms with Crippen molar-refractivity contribution >= 4 is 11.5 Å². The largest absolute Gasteiger partial charge is 0.328 e. The lowest BCUT2D eigenvalue weighted by Crippen LogP contribution is -2.13. The molecule has 0 spiro atoms. The summed E-state index contributed by atoms with van der Waals surface area (Å²) in [7, 11) is 1.80. The summed E-state index contributed by atoms with van der Waals surface area (Å²) in [6.07, 6.45) is 0. The second-order valence-electron chi connectivity index (χ2n) is 3.97. The van der Waals surface area contributed by atoms with Crippen molar-refractivity contribution in [1.82, 2.24) is 4.98 Å². The lowest BCUT2D eigenvalue weighted by molar-refractivity contribution is 0.628. The van der Waals surface area contributed by atoms with Crippen molar-refractivity contribution in [3.05, 3.63) is 53.5 Å². The van der Waals surface area contributed by atoms with E-state index in [-0.39, 0.29) is 5.82 Å². The molecule has 0 bridgehead atoms. The number of rotatable bonds is 2. The first kappa shape index (κ1) is 12.1. The van der Waals surface area contributed by atoms with Gasteiger partial charge in [-0.25, -0.2) is 9.37 Å². The van der Waals surface area contributed by atoms with Gasteiger partial charge in [-0.05, 0) is 43.3 Å². The van der Waals surface area contributed by atoms with Crippen molar-refractivity contribution in [2.45, 2.75) is 6.92 Å². The van der Waals surface area contributed by atoms with Crippen LogP contribution >= 0.6 is 0 Å². The summed E-state index contributed by atoms with van der Waals surface area (Å²) >= 11 is 0. The van der Waals surface area contributed by atoms with Crippen molar-refractivity contribution in [3.8, 4) is 6.07 Å². The Balaban J connectivity index is 2.45. The summed E-state index contributed by atoms with van der Waals surface area (Å²) < 4.78 is 12.9. The Morgan fingerprint density at radius 3 is 2.44 bits per heavy atom. The minimum absolute atomic E-state index is 0.287. The molecule has 0 atom stereocenters. The molecule has 18 heavy (non-hydrogen) atoms. The molecule has 1 heterocycles. The first-order chi connectivity index (χ1) is 8.61. The highest BCUT2D eigenvalue weighted by atomic mass is 19.1. The molecule has 0 saturated carbocycles. The number of halogens is 1. The van der Waals surface area contributed by atoms with Gasteiger partial charge in [0.2, 0.25) is 0 Å². The summed E-state index contributed by atoms with van der Waals surface area (Å²) in [4.78, 5) is 6.12. The standard InChI is InChI=1S/C14H12FN3/c1-10-3-4-11(9-16)14(17-10)18(2)13-7-5-12(15)6-8-13/h3-8H,1-2H3. The highest BCUT2D eigenvalue weighted by Gasteiger charge is 2.11. The van der Waals surface area contributed by atoms with Crippen LogP contribution < -0.4 is 4.90 Å². The molecule has 0 aliphatic rings. The van der Waals surface area contributed by atoms with Crippen LogP contribution in [0.1, 0.15) is 11.3 Å². The van der Waals surface area contributed by atoms with Gasteiger partial charge in [0.05, 0.1) is 5.56 Å². The molecule has 90 valence electrons. The second-order valence-corrected chi connectivity index (χ2v) is 3.97. The lowest BCUT2D eigenvalue weighted by atomic mass is 10.2. The van der Waals surface area contributed by atoms with E-state index in [1.165, 1.54) is 12.1 Å². The van der Waals surface area contributed by atoms with Crippen molar-refractivity contribution in [2.24, 2.45) is 0 Å². The third-order valence-electron chi connectivity index (χ3n) is 2.67. The molecule has 4 heteroatoms. The van der Waals surface area contributed by atoms with Gasteiger partial charge in [0.1, 0.15) is 11.9 Å². The third-order valence-corrected chi connectivity index (χ3v) is 2.67. The number of hydrogen-bond donors (Lipinski definition) is 0. The molecular formula is C14H12FN3. The molecule has 0 aliphatic carbocycles. The molecule has 0 radical (unpaired) electrons. The van der Waals surface area contributed by atoms with E-state index in [0.717, 1.165) is 11.4 Å². The zero-order valence-corrected chi connectivity index (χ0v) is 10.2. The summed E-state index contributed by atoms with van der Waals surface area (Å²) in [6.45, 7) is 1.86. The van der Waals surface area contributed by atoms with Gasteiger partial charge >= 0.3 is 0 Å². The molecule has 0 amide bonds. The topological polar surface area (TPSA) is 39.9 Å². The minimum atomic E-state index is -0.287. The molecule has 1 aromatic heterocycles. The van der Waals surface area contributed by atoms with Gasteiger partial charge in [-0.15, -0.1) is 0 Å². The number of aromatic nitrogens is 1. The fourth-order valence-electron chi connectivity index (χ4n) is 1.67. The monoisotopic (exact) mass is 241 g/mol. The lowest BCUT2D eigenvalue weighted by Gasteiger charge is -2.19. The molecule has 0 aliphatic heterocycles. The van der Waals surface area contributed by atoms with E-state index >= 15 is 0 Å². The van der Waals surface area contributed by atoms with Crippen LogP contribution in [0.2, 0.25) is 0 Å². The number of benzene rings is 1. The third kappa shape index (κ3) is 2.30. The van der Waals surface area contributed by atoms with Gasteiger partial charge in [0.25, 0.3) is 0 Å². The van der Waals surface area contributed by atoms with Gasteiger partial charge in [-0.1, -0.05) is 0 Å². The van der Waals surface area contributed by atoms with Crippen LogP contribution in [-0.2, 0) is 0 Å². The maximum atomic E-state index is 12.9. The minimum Gasteiger partial charge on any atom is -0.328 e. The Morgan fingerprint density at radius 2 is 1.83 bits per heavy atom. The zero-order valence-electron chi connectivity index (χ0n) is 10.2. The van der Waals surface area contributed by atoms with Crippen LogP contribution in [0.5, 0.6) is 0 Å². The van der Waals surface area contributed by atoms with E-state index in [9.17, 15) is 4.39 Å². The quantitative estimate of drug-likeness (QED) is 0.810. The number of nitrogens with zero attached hydrogens (tertiary/aromatic N) is 3.